The van der Waals surface area contributed by atoms with E-state index in [0.29, 0.717) is 13.2 Å². The maximum absolute atomic E-state index is 10.1. The van der Waals surface area contributed by atoms with Crippen molar-refractivity contribution >= 4 is 11.0 Å². The molecule has 0 aliphatic carbocycles. The molecular weight excluding hydrogens is 354 g/mol. The Bertz CT molecular complexity index is 832. The number of nitrogens with zero attached hydrogens (tertiary/aromatic N) is 2. The van der Waals surface area contributed by atoms with Gasteiger partial charge in [-0.2, -0.15) is 0 Å². The molecule has 3 rings (SSSR count). The van der Waals surface area contributed by atoms with Gasteiger partial charge in [-0.1, -0.05) is 24.3 Å². The molecule has 0 bridgehead atoms. The third-order valence-corrected chi connectivity index (χ3v) is 4.62. The van der Waals surface area contributed by atoms with Gasteiger partial charge in [-0.3, -0.25) is 0 Å². The van der Waals surface area contributed by atoms with Gasteiger partial charge in [-0.25, -0.2) is 4.98 Å². The first-order valence-corrected chi connectivity index (χ1v) is 9.75. The lowest BCUT2D eigenvalue weighted by Crippen LogP contribution is -2.32. The van der Waals surface area contributed by atoms with Crippen molar-refractivity contribution in [3.05, 3.63) is 60.4 Å². The molecule has 0 fully saturated rings. The Labute approximate surface area is 166 Å². The SMILES string of the molecule is COCCc1ccc(OCC(O)CNCCCn2cnc3ccccc32)cc1. The highest BCUT2D eigenvalue weighted by atomic mass is 16.5. The first-order valence-electron chi connectivity index (χ1n) is 9.75. The highest BCUT2D eigenvalue weighted by molar-refractivity contribution is 5.74. The Morgan fingerprint density at radius 2 is 1.96 bits per heavy atom. The Hall–Kier alpha value is -2.41. The van der Waals surface area contributed by atoms with E-state index in [1.54, 1.807) is 7.11 Å². The summed E-state index contributed by atoms with van der Waals surface area (Å²) in [6.45, 7) is 3.22. The Morgan fingerprint density at radius 1 is 1.14 bits per heavy atom. The van der Waals surface area contributed by atoms with Crippen LogP contribution >= 0.6 is 0 Å². The lowest BCUT2D eigenvalue weighted by Gasteiger charge is -2.14. The van der Waals surface area contributed by atoms with Gasteiger partial charge in [0.15, 0.2) is 0 Å². The number of aliphatic hydroxyl groups is 1. The predicted molar refractivity (Wildman–Crippen MR) is 111 cm³/mol. The lowest BCUT2D eigenvalue weighted by atomic mass is 10.1. The zero-order valence-corrected chi connectivity index (χ0v) is 16.4. The molecule has 0 spiro atoms. The molecule has 0 aliphatic rings. The monoisotopic (exact) mass is 383 g/mol. The fraction of sp³-hybridized carbons (Fsp3) is 0.409. The number of rotatable bonds is 12. The number of hydrogen-bond acceptors (Lipinski definition) is 5. The van der Waals surface area contributed by atoms with Crippen LogP contribution in [-0.2, 0) is 17.7 Å². The van der Waals surface area contributed by atoms with E-state index in [2.05, 4.69) is 20.9 Å². The van der Waals surface area contributed by atoms with Crippen LogP contribution in [0.15, 0.2) is 54.9 Å². The smallest absolute Gasteiger partial charge is 0.119 e. The van der Waals surface area contributed by atoms with Crippen molar-refractivity contribution in [2.24, 2.45) is 0 Å². The number of nitrogens with one attached hydrogen (secondary N) is 1. The number of ether oxygens (including phenoxy) is 2. The Balaban J connectivity index is 1.30. The van der Waals surface area contributed by atoms with Gasteiger partial charge in [-0.05, 0) is 49.2 Å². The largest absolute Gasteiger partial charge is 0.491 e. The van der Waals surface area contributed by atoms with Crippen LogP contribution < -0.4 is 10.1 Å². The number of aliphatic hydroxyl groups excluding tert-OH is 1. The summed E-state index contributed by atoms with van der Waals surface area (Å²) in [5.41, 5.74) is 3.39. The molecule has 2 N–H and O–H groups in total. The molecule has 0 amide bonds. The summed E-state index contributed by atoms with van der Waals surface area (Å²) in [7, 11) is 1.70. The predicted octanol–water partition coefficient (Wildman–Crippen LogP) is 2.64. The molecule has 0 radical (unpaired) electrons. The Kier molecular flexibility index (Phi) is 7.84. The number of fused-ring (bicyclic) bond motifs is 1. The second-order valence-electron chi connectivity index (χ2n) is 6.84. The van der Waals surface area contributed by atoms with E-state index in [9.17, 15) is 5.11 Å². The molecule has 2 aromatic carbocycles. The van der Waals surface area contributed by atoms with Crippen LogP contribution in [0.25, 0.3) is 11.0 Å². The zero-order chi connectivity index (χ0) is 19.6. The molecule has 6 nitrogen and oxygen atoms in total. The van der Waals surface area contributed by atoms with Gasteiger partial charge >= 0.3 is 0 Å². The molecular formula is C22H29N3O3. The van der Waals surface area contributed by atoms with Crippen LogP contribution in [0, 0.1) is 0 Å². The van der Waals surface area contributed by atoms with Crippen LogP contribution in [-0.4, -0.2) is 54.2 Å². The maximum atomic E-state index is 10.1. The van der Waals surface area contributed by atoms with Crippen LogP contribution in [0.3, 0.4) is 0 Å². The van der Waals surface area contributed by atoms with Gasteiger partial charge in [0.2, 0.25) is 0 Å². The van der Waals surface area contributed by atoms with Crippen molar-refractivity contribution in [1.82, 2.24) is 14.9 Å². The van der Waals surface area contributed by atoms with E-state index in [4.69, 9.17) is 9.47 Å². The Morgan fingerprint density at radius 3 is 2.79 bits per heavy atom. The molecule has 3 aromatic rings. The third-order valence-electron chi connectivity index (χ3n) is 4.62. The molecule has 0 aliphatic heterocycles. The number of imidazole rings is 1. The van der Waals surface area contributed by atoms with Crippen LogP contribution in [0.1, 0.15) is 12.0 Å². The molecule has 1 unspecified atom stereocenters. The fourth-order valence-corrected chi connectivity index (χ4v) is 3.06. The summed E-state index contributed by atoms with van der Waals surface area (Å²) in [6.07, 6.45) is 3.20. The molecule has 28 heavy (non-hydrogen) atoms. The van der Waals surface area contributed by atoms with Crippen molar-refractivity contribution in [1.29, 1.82) is 0 Å². The van der Waals surface area contributed by atoms with E-state index >= 15 is 0 Å². The van der Waals surface area contributed by atoms with E-state index in [-0.39, 0.29) is 6.61 Å². The van der Waals surface area contributed by atoms with Gasteiger partial charge in [0.1, 0.15) is 18.5 Å². The first kappa shape index (κ1) is 20.3. The minimum absolute atomic E-state index is 0.274. The number of para-hydroxylation sites is 2. The molecule has 1 atom stereocenters. The van der Waals surface area contributed by atoms with Gasteiger partial charge in [-0.15, -0.1) is 0 Å². The minimum Gasteiger partial charge on any atom is -0.491 e. The van der Waals surface area contributed by atoms with Crippen LogP contribution in [0.4, 0.5) is 0 Å². The van der Waals surface area contributed by atoms with Crippen molar-refractivity contribution in [3.63, 3.8) is 0 Å². The van der Waals surface area contributed by atoms with Gasteiger partial charge in [0, 0.05) is 20.2 Å². The molecule has 0 saturated heterocycles. The average molecular weight is 383 g/mol. The second-order valence-corrected chi connectivity index (χ2v) is 6.84. The topological polar surface area (TPSA) is 68.5 Å². The number of aryl methyl sites for hydroxylation is 1. The standard InChI is InChI=1S/C22H29N3O3/c1-27-14-11-18-7-9-20(10-8-18)28-16-19(26)15-23-12-4-13-25-17-24-21-5-2-3-6-22(21)25/h2-3,5-10,17,19,23,26H,4,11-16H2,1H3. The molecule has 0 saturated carbocycles. The number of aromatic nitrogens is 2. The average Bonchev–Trinajstić information content (AvgIpc) is 3.14. The van der Waals surface area contributed by atoms with Crippen molar-refractivity contribution in [2.45, 2.75) is 25.5 Å². The van der Waals surface area contributed by atoms with Crippen molar-refractivity contribution in [2.75, 3.05) is 33.4 Å². The van der Waals surface area contributed by atoms with E-state index in [1.165, 1.54) is 5.56 Å². The van der Waals surface area contributed by atoms with Crippen molar-refractivity contribution < 1.29 is 14.6 Å². The van der Waals surface area contributed by atoms with Gasteiger partial charge in [0.05, 0.1) is 24.0 Å². The summed E-state index contributed by atoms with van der Waals surface area (Å²) in [5, 5.41) is 13.4. The highest BCUT2D eigenvalue weighted by Crippen LogP contribution is 2.13. The number of methoxy groups -OCH3 is 1. The second kappa shape index (κ2) is 10.8. The molecule has 1 heterocycles. The summed E-state index contributed by atoms with van der Waals surface area (Å²) in [5.74, 6) is 0.771. The minimum atomic E-state index is -0.540. The number of benzene rings is 2. The number of hydrogen-bond donors (Lipinski definition) is 2. The maximum Gasteiger partial charge on any atom is 0.119 e. The fourth-order valence-electron chi connectivity index (χ4n) is 3.06. The van der Waals surface area contributed by atoms with Gasteiger partial charge < -0.3 is 24.5 Å². The molecule has 150 valence electrons. The van der Waals surface area contributed by atoms with Crippen molar-refractivity contribution in [3.8, 4) is 5.75 Å². The quantitative estimate of drug-likeness (QED) is 0.471. The van der Waals surface area contributed by atoms with E-state index in [0.717, 1.165) is 42.7 Å². The lowest BCUT2D eigenvalue weighted by molar-refractivity contribution is 0.106. The summed E-state index contributed by atoms with van der Waals surface area (Å²) in [6, 6.07) is 16.1. The van der Waals surface area contributed by atoms with Crippen LogP contribution in [0.5, 0.6) is 5.75 Å². The third kappa shape index (κ3) is 6.05. The summed E-state index contributed by atoms with van der Waals surface area (Å²) >= 11 is 0. The summed E-state index contributed by atoms with van der Waals surface area (Å²) in [4.78, 5) is 4.40. The molecule has 6 heteroatoms. The van der Waals surface area contributed by atoms with E-state index < -0.39 is 6.10 Å². The zero-order valence-electron chi connectivity index (χ0n) is 16.4. The molecule has 1 aromatic heterocycles. The normalized spacial score (nSPS) is 12.4. The highest BCUT2D eigenvalue weighted by Gasteiger charge is 2.06. The van der Waals surface area contributed by atoms with Gasteiger partial charge in [0.25, 0.3) is 0 Å². The summed E-state index contributed by atoms with van der Waals surface area (Å²) < 4.78 is 12.9. The first-order chi connectivity index (χ1) is 13.8. The van der Waals surface area contributed by atoms with Crippen LogP contribution in [0.2, 0.25) is 0 Å². The van der Waals surface area contributed by atoms with E-state index in [1.807, 2.05) is 48.8 Å².